The van der Waals surface area contributed by atoms with Crippen LogP contribution >= 0.6 is 15.9 Å². The predicted molar refractivity (Wildman–Crippen MR) is 73.5 cm³/mol. The number of hydrogen-bond donors (Lipinski definition) is 0. The van der Waals surface area contributed by atoms with E-state index in [0.717, 1.165) is 25.2 Å². The summed E-state index contributed by atoms with van der Waals surface area (Å²) in [5, 5.41) is 0. The first kappa shape index (κ1) is 11.9. The molecule has 18 heavy (non-hydrogen) atoms. The Morgan fingerprint density at radius 3 is 2.33 bits per heavy atom. The molecule has 0 amide bonds. The van der Waals surface area contributed by atoms with E-state index in [9.17, 15) is 4.39 Å². The average molecular weight is 306 g/mol. The molecule has 2 aromatic rings. The molecule has 0 N–H and O–H groups in total. The van der Waals surface area contributed by atoms with E-state index in [-0.39, 0.29) is 5.82 Å². The highest BCUT2D eigenvalue weighted by molar-refractivity contribution is 9.10. The van der Waals surface area contributed by atoms with Gasteiger partial charge in [0.2, 0.25) is 0 Å². The topological polar surface area (TPSA) is 3.24 Å². The van der Waals surface area contributed by atoms with Crippen LogP contribution in [0.25, 0.3) is 0 Å². The third-order valence-electron chi connectivity index (χ3n) is 3.33. The Morgan fingerprint density at radius 1 is 1.00 bits per heavy atom. The van der Waals surface area contributed by atoms with Gasteiger partial charge < -0.3 is 0 Å². The zero-order valence-corrected chi connectivity index (χ0v) is 11.5. The van der Waals surface area contributed by atoms with Gasteiger partial charge in [0.05, 0.1) is 4.47 Å². The van der Waals surface area contributed by atoms with Crippen LogP contribution in [-0.2, 0) is 19.6 Å². The molecule has 92 valence electrons. The van der Waals surface area contributed by atoms with Crippen LogP contribution in [-0.4, -0.2) is 4.90 Å². The molecule has 0 bridgehead atoms. The first-order valence-corrected chi connectivity index (χ1v) is 6.75. The summed E-state index contributed by atoms with van der Waals surface area (Å²) >= 11 is 3.32. The lowest BCUT2D eigenvalue weighted by Gasteiger charge is -2.16. The van der Waals surface area contributed by atoms with Gasteiger partial charge in [-0.3, -0.25) is 4.90 Å². The summed E-state index contributed by atoms with van der Waals surface area (Å²) in [6.45, 7) is 2.66. The number of hydrogen-bond acceptors (Lipinski definition) is 1. The summed E-state index contributed by atoms with van der Waals surface area (Å²) < 4.78 is 14.0. The standard InChI is InChI=1S/C15H13BrFN/c16-15-13(6-3-7-14(15)17)10-18-8-11-4-1-2-5-12(11)9-18/h1-7H,8-10H2. The zero-order valence-electron chi connectivity index (χ0n) is 9.87. The second kappa shape index (κ2) is 4.82. The largest absolute Gasteiger partial charge is 0.291 e. The molecule has 0 fully saturated rings. The summed E-state index contributed by atoms with van der Waals surface area (Å²) in [4.78, 5) is 2.32. The Hall–Kier alpha value is -1.19. The predicted octanol–water partition coefficient (Wildman–Crippen LogP) is 4.10. The van der Waals surface area contributed by atoms with Gasteiger partial charge in [0.1, 0.15) is 5.82 Å². The second-order valence-electron chi connectivity index (χ2n) is 4.63. The Morgan fingerprint density at radius 2 is 1.67 bits per heavy atom. The summed E-state index contributed by atoms with van der Waals surface area (Å²) in [5.74, 6) is -0.191. The summed E-state index contributed by atoms with van der Waals surface area (Å²) in [7, 11) is 0. The van der Waals surface area contributed by atoms with Crippen LogP contribution in [0.15, 0.2) is 46.9 Å². The summed E-state index contributed by atoms with van der Waals surface area (Å²) in [6, 6.07) is 13.7. The van der Waals surface area contributed by atoms with Gasteiger partial charge >= 0.3 is 0 Å². The zero-order chi connectivity index (χ0) is 12.5. The molecular weight excluding hydrogens is 293 g/mol. The molecule has 1 nitrogen and oxygen atoms in total. The van der Waals surface area contributed by atoms with E-state index in [4.69, 9.17) is 0 Å². The molecule has 1 aliphatic heterocycles. The number of nitrogens with zero attached hydrogens (tertiary/aromatic N) is 1. The van der Waals surface area contributed by atoms with Crippen LogP contribution in [0, 0.1) is 5.82 Å². The minimum absolute atomic E-state index is 0.191. The van der Waals surface area contributed by atoms with Crippen molar-refractivity contribution in [1.29, 1.82) is 0 Å². The Bertz CT molecular complexity index is 557. The van der Waals surface area contributed by atoms with Gasteiger partial charge in [0, 0.05) is 19.6 Å². The molecule has 0 saturated carbocycles. The normalized spacial score (nSPS) is 14.8. The summed E-state index contributed by atoms with van der Waals surface area (Å²) in [6.07, 6.45) is 0. The van der Waals surface area contributed by atoms with Crippen molar-refractivity contribution in [1.82, 2.24) is 4.90 Å². The van der Waals surface area contributed by atoms with E-state index in [1.54, 1.807) is 6.07 Å². The fraction of sp³-hybridized carbons (Fsp3) is 0.200. The third-order valence-corrected chi connectivity index (χ3v) is 4.22. The maximum absolute atomic E-state index is 13.5. The molecular formula is C15H13BrFN. The molecule has 0 saturated heterocycles. The van der Waals surface area contributed by atoms with Gasteiger partial charge in [-0.1, -0.05) is 36.4 Å². The molecule has 0 atom stereocenters. The molecule has 3 rings (SSSR count). The van der Waals surface area contributed by atoms with Gasteiger partial charge in [0.15, 0.2) is 0 Å². The average Bonchev–Trinajstić information content (AvgIpc) is 2.77. The third kappa shape index (κ3) is 2.20. The van der Waals surface area contributed by atoms with Gasteiger partial charge in [-0.15, -0.1) is 0 Å². The lowest BCUT2D eigenvalue weighted by Crippen LogP contribution is -2.16. The van der Waals surface area contributed by atoms with E-state index in [2.05, 4.69) is 45.1 Å². The quantitative estimate of drug-likeness (QED) is 0.807. The molecule has 0 radical (unpaired) electrons. The van der Waals surface area contributed by atoms with E-state index >= 15 is 0 Å². The van der Waals surface area contributed by atoms with Crippen molar-refractivity contribution in [3.63, 3.8) is 0 Å². The van der Waals surface area contributed by atoms with Crippen LogP contribution in [0.1, 0.15) is 16.7 Å². The van der Waals surface area contributed by atoms with Crippen molar-refractivity contribution in [3.05, 3.63) is 69.4 Å². The van der Waals surface area contributed by atoms with Gasteiger partial charge in [-0.2, -0.15) is 0 Å². The van der Waals surface area contributed by atoms with E-state index < -0.39 is 0 Å². The smallest absolute Gasteiger partial charge is 0.137 e. The van der Waals surface area contributed by atoms with Crippen LogP contribution in [0.5, 0.6) is 0 Å². The maximum Gasteiger partial charge on any atom is 0.137 e. The van der Waals surface area contributed by atoms with E-state index in [1.807, 2.05) is 6.07 Å². The van der Waals surface area contributed by atoms with Crippen molar-refractivity contribution < 1.29 is 4.39 Å². The van der Waals surface area contributed by atoms with Crippen molar-refractivity contribution in [2.75, 3.05) is 0 Å². The molecule has 2 aromatic carbocycles. The van der Waals surface area contributed by atoms with Gasteiger partial charge in [0.25, 0.3) is 0 Å². The number of halogens is 2. The Balaban J connectivity index is 1.78. The molecule has 0 unspecified atom stereocenters. The van der Waals surface area contributed by atoms with E-state index in [0.29, 0.717) is 4.47 Å². The lowest BCUT2D eigenvalue weighted by molar-refractivity contribution is 0.274. The minimum atomic E-state index is -0.191. The second-order valence-corrected chi connectivity index (χ2v) is 5.42. The van der Waals surface area contributed by atoms with E-state index in [1.165, 1.54) is 17.2 Å². The van der Waals surface area contributed by atoms with Crippen LogP contribution in [0.3, 0.4) is 0 Å². The van der Waals surface area contributed by atoms with Gasteiger partial charge in [-0.05, 0) is 38.7 Å². The monoisotopic (exact) mass is 305 g/mol. The highest BCUT2D eigenvalue weighted by atomic mass is 79.9. The first-order valence-electron chi connectivity index (χ1n) is 5.96. The molecule has 0 spiro atoms. The number of rotatable bonds is 2. The Kier molecular flexibility index (Phi) is 3.18. The fourth-order valence-electron chi connectivity index (χ4n) is 2.43. The summed E-state index contributed by atoms with van der Waals surface area (Å²) in [5.41, 5.74) is 3.76. The molecule has 1 heterocycles. The van der Waals surface area contributed by atoms with Crippen molar-refractivity contribution >= 4 is 15.9 Å². The SMILES string of the molecule is Fc1cccc(CN2Cc3ccccc3C2)c1Br. The van der Waals surface area contributed by atoms with Gasteiger partial charge in [-0.25, -0.2) is 4.39 Å². The fourth-order valence-corrected chi connectivity index (χ4v) is 2.82. The first-order chi connectivity index (χ1) is 8.74. The van der Waals surface area contributed by atoms with Crippen LogP contribution in [0.2, 0.25) is 0 Å². The maximum atomic E-state index is 13.5. The molecule has 0 aliphatic carbocycles. The molecule has 1 aliphatic rings. The lowest BCUT2D eigenvalue weighted by atomic mass is 10.1. The Labute approximate surface area is 114 Å². The number of fused-ring (bicyclic) bond motifs is 1. The van der Waals surface area contributed by atoms with Crippen LogP contribution < -0.4 is 0 Å². The van der Waals surface area contributed by atoms with Crippen molar-refractivity contribution in [3.8, 4) is 0 Å². The molecule has 3 heteroatoms. The van der Waals surface area contributed by atoms with Crippen molar-refractivity contribution in [2.24, 2.45) is 0 Å². The minimum Gasteiger partial charge on any atom is -0.291 e. The highest BCUT2D eigenvalue weighted by Gasteiger charge is 2.19. The van der Waals surface area contributed by atoms with Crippen LogP contribution in [0.4, 0.5) is 4.39 Å². The van der Waals surface area contributed by atoms with Crippen molar-refractivity contribution in [2.45, 2.75) is 19.6 Å². The highest BCUT2D eigenvalue weighted by Crippen LogP contribution is 2.27. The molecule has 0 aromatic heterocycles. The number of benzene rings is 2.